The van der Waals surface area contributed by atoms with Crippen LogP contribution in [0.1, 0.15) is 19.4 Å². The van der Waals surface area contributed by atoms with Gasteiger partial charge >= 0.3 is 11.7 Å². The lowest BCUT2D eigenvalue weighted by molar-refractivity contribution is 0.212. The van der Waals surface area contributed by atoms with Crippen LogP contribution in [0.15, 0.2) is 34.2 Å². The Labute approximate surface area is 178 Å². The summed E-state index contributed by atoms with van der Waals surface area (Å²) in [7, 11) is -1.74. The Bertz CT molecular complexity index is 1280. The van der Waals surface area contributed by atoms with E-state index in [4.69, 9.17) is 22.1 Å². The summed E-state index contributed by atoms with van der Waals surface area (Å²) in [5.41, 5.74) is 6.21. The number of hydrogen-bond donors (Lipinski definition) is 2. The molecule has 3 N–H and O–H groups in total. The van der Waals surface area contributed by atoms with Crippen molar-refractivity contribution in [1.29, 1.82) is 4.78 Å². The molecule has 3 rings (SSSR count). The van der Waals surface area contributed by atoms with E-state index in [9.17, 15) is 13.8 Å². The van der Waals surface area contributed by atoms with Gasteiger partial charge in [0, 0.05) is 24.4 Å². The summed E-state index contributed by atoms with van der Waals surface area (Å²) in [6.45, 7) is 3.78. The van der Waals surface area contributed by atoms with Crippen molar-refractivity contribution in [2.24, 2.45) is 0 Å². The zero-order valence-electron chi connectivity index (χ0n) is 16.8. The first kappa shape index (κ1) is 21.8. The summed E-state index contributed by atoms with van der Waals surface area (Å²) in [6.07, 6.45) is 0. The van der Waals surface area contributed by atoms with Crippen LogP contribution in [0.4, 0.5) is 10.6 Å². The number of carbonyl (C=O) groups is 1. The van der Waals surface area contributed by atoms with Gasteiger partial charge in [-0.2, -0.15) is 4.98 Å². The molecule has 10 nitrogen and oxygen atoms in total. The van der Waals surface area contributed by atoms with Crippen LogP contribution in [0.3, 0.4) is 0 Å². The zero-order chi connectivity index (χ0) is 22.2. The predicted octanol–water partition coefficient (Wildman–Crippen LogP) is 2.22. The van der Waals surface area contributed by atoms with E-state index in [1.165, 1.54) is 9.47 Å². The van der Waals surface area contributed by atoms with Gasteiger partial charge in [-0.05, 0) is 24.6 Å². The SMILES string of the molecule is CCN(C)C(=O)n1c(=O)n(Cc2ccc(Cl)cc2)c2nc([S@@](=N)(=O)CC)nc(N)c21. The van der Waals surface area contributed by atoms with Crippen LogP contribution < -0.4 is 11.4 Å². The Hall–Kier alpha value is -2.92. The van der Waals surface area contributed by atoms with Gasteiger partial charge in [0.05, 0.1) is 6.54 Å². The highest BCUT2D eigenvalue weighted by atomic mass is 35.5. The maximum absolute atomic E-state index is 13.2. The highest BCUT2D eigenvalue weighted by Gasteiger charge is 2.26. The number of fused-ring (bicyclic) bond motifs is 1. The predicted molar refractivity (Wildman–Crippen MR) is 116 cm³/mol. The number of nitrogens with one attached hydrogen (secondary N) is 1. The molecule has 0 aliphatic rings. The molecule has 0 radical (unpaired) electrons. The van der Waals surface area contributed by atoms with Crippen molar-refractivity contribution in [2.75, 3.05) is 25.1 Å². The molecule has 0 fully saturated rings. The lowest BCUT2D eigenvalue weighted by Gasteiger charge is -2.14. The van der Waals surface area contributed by atoms with Gasteiger partial charge in [0.1, 0.15) is 15.2 Å². The van der Waals surface area contributed by atoms with Gasteiger partial charge in [0.15, 0.2) is 11.5 Å². The van der Waals surface area contributed by atoms with Crippen molar-refractivity contribution in [1.82, 2.24) is 24.0 Å². The molecule has 12 heteroatoms. The van der Waals surface area contributed by atoms with Crippen LogP contribution >= 0.6 is 11.6 Å². The Morgan fingerprint density at radius 2 is 1.90 bits per heavy atom. The molecule has 0 saturated carbocycles. The van der Waals surface area contributed by atoms with Gasteiger partial charge in [0.25, 0.3) is 0 Å². The van der Waals surface area contributed by atoms with Crippen LogP contribution in [0.2, 0.25) is 5.02 Å². The Morgan fingerprint density at radius 3 is 2.47 bits per heavy atom. The van der Waals surface area contributed by atoms with Crippen molar-refractivity contribution in [3.63, 3.8) is 0 Å². The zero-order valence-corrected chi connectivity index (χ0v) is 18.3. The van der Waals surface area contributed by atoms with Crippen LogP contribution in [-0.4, -0.2) is 53.6 Å². The quantitative estimate of drug-likeness (QED) is 0.570. The molecule has 1 atom stereocenters. The van der Waals surface area contributed by atoms with Crippen LogP contribution in [0, 0.1) is 4.78 Å². The number of imidazole rings is 1. The average molecular weight is 452 g/mol. The molecular formula is C18H22ClN7O3S. The van der Waals surface area contributed by atoms with E-state index in [-0.39, 0.29) is 34.4 Å². The number of halogens is 1. The number of aromatic nitrogens is 4. The summed E-state index contributed by atoms with van der Waals surface area (Å²) < 4.78 is 22.7. The topological polar surface area (TPSA) is 140 Å². The third-order valence-corrected chi connectivity index (χ3v) is 6.56. The minimum absolute atomic E-state index is 0.0163. The number of nitrogens with zero attached hydrogens (tertiary/aromatic N) is 5. The Kier molecular flexibility index (Phi) is 5.86. The van der Waals surface area contributed by atoms with Crippen LogP contribution in [0.25, 0.3) is 11.2 Å². The van der Waals surface area contributed by atoms with Gasteiger partial charge < -0.3 is 10.6 Å². The van der Waals surface area contributed by atoms with Gasteiger partial charge in [0.2, 0.25) is 5.16 Å². The molecule has 0 saturated heterocycles. The van der Waals surface area contributed by atoms with E-state index in [2.05, 4.69) is 9.97 Å². The monoisotopic (exact) mass is 451 g/mol. The van der Waals surface area contributed by atoms with Gasteiger partial charge in [-0.25, -0.2) is 28.1 Å². The third-order valence-electron chi connectivity index (χ3n) is 4.72. The first-order valence-electron chi connectivity index (χ1n) is 9.15. The van der Waals surface area contributed by atoms with E-state index in [0.29, 0.717) is 11.6 Å². The third kappa shape index (κ3) is 3.77. The summed E-state index contributed by atoms with van der Waals surface area (Å²) in [5, 5.41) is 0.271. The number of nitrogens with two attached hydrogens (primary N) is 1. The largest absolute Gasteiger partial charge is 0.382 e. The second kappa shape index (κ2) is 8.07. The van der Waals surface area contributed by atoms with Crippen molar-refractivity contribution in [2.45, 2.75) is 25.5 Å². The van der Waals surface area contributed by atoms with E-state index in [1.807, 2.05) is 0 Å². The van der Waals surface area contributed by atoms with Gasteiger partial charge in [-0.1, -0.05) is 30.7 Å². The maximum atomic E-state index is 13.2. The molecule has 1 amide bonds. The van der Waals surface area contributed by atoms with E-state index >= 15 is 0 Å². The van der Waals surface area contributed by atoms with E-state index < -0.39 is 21.4 Å². The number of amides is 1. The van der Waals surface area contributed by atoms with Crippen LogP contribution in [-0.2, 0) is 16.3 Å². The average Bonchev–Trinajstić information content (AvgIpc) is 3.00. The number of hydrogen-bond acceptors (Lipinski definition) is 7. The summed E-state index contributed by atoms with van der Waals surface area (Å²) >= 11 is 5.93. The van der Waals surface area contributed by atoms with Crippen molar-refractivity contribution in [3.05, 3.63) is 45.3 Å². The standard InChI is InChI=1S/C18H22ClN7O3S/c1-4-24(3)17(27)26-13-14(20)22-16(30(21,29)5-2)23-15(13)25(18(26)28)10-11-6-8-12(19)9-7-11/h6-9,21H,4-5,10H2,1-3H3,(H2,20,22,23)/t30-/m0/s1. The molecule has 2 aromatic heterocycles. The molecule has 3 aromatic rings. The highest BCUT2D eigenvalue weighted by Crippen LogP contribution is 2.22. The molecule has 0 unspecified atom stereocenters. The normalized spacial score (nSPS) is 13.3. The fourth-order valence-electron chi connectivity index (χ4n) is 2.82. The summed E-state index contributed by atoms with van der Waals surface area (Å²) in [4.78, 5) is 35.6. The van der Waals surface area contributed by atoms with E-state index in [1.54, 1.807) is 45.2 Å². The molecule has 0 spiro atoms. The molecule has 0 aliphatic heterocycles. The second-order valence-corrected chi connectivity index (χ2v) is 9.38. The van der Waals surface area contributed by atoms with Crippen molar-refractivity contribution in [3.8, 4) is 0 Å². The van der Waals surface area contributed by atoms with Crippen molar-refractivity contribution < 1.29 is 9.00 Å². The lowest BCUT2D eigenvalue weighted by Crippen LogP contribution is -2.38. The molecule has 30 heavy (non-hydrogen) atoms. The fourth-order valence-corrected chi connectivity index (χ4v) is 3.69. The molecule has 2 heterocycles. The Morgan fingerprint density at radius 1 is 1.27 bits per heavy atom. The fraction of sp³-hybridized carbons (Fsp3) is 0.333. The second-order valence-electron chi connectivity index (χ2n) is 6.65. The van der Waals surface area contributed by atoms with Crippen LogP contribution in [0.5, 0.6) is 0 Å². The number of nitrogen functional groups attached to an aromatic ring is 1. The molecular weight excluding hydrogens is 430 g/mol. The molecule has 0 bridgehead atoms. The molecule has 0 aliphatic carbocycles. The lowest BCUT2D eigenvalue weighted by atomic mass is 10.2. The van der Waals surface area contributed by atoms with Gasteiger partial charge in [-0.15, -0.1) is 0 Å². The smallest absolute Gasteiger partial charge is 0.339 e. The number of rotatable bonds is 5. The van der Waals surface area contributed by atoms with Gasteiger partial charge in [-0.3, -0.25) is 4.57 Å². The first-order valence-corrected chi connectivity index (χ1v) is 11.3. The summed E-state index contributed by atoms with van der Waals surface area (Å²) in [5.74, 6) is -0.203. The number of benzene rings is 1. The highest BCUT2D eigenvalue weighted by molar-refractivity contribution is 7.92. The minimum atomic E-state index is -3.29. The number of carbonyl (C=O) groups excluding carboxylic acids is 1. The first-order chi connectivity index (χ1) is 14.1. The van der Waals surface area contributed by atoms with E-state index in [0.717, 1.165) is 10.1 Å². The van der Waals surface area contributed by atoms with Crippen molar-refractivity contribution >= 4 is 44.3 Å². The summed E-state index contributed by atoms with van der Waals surface area (Å²) in [6, 6.07) is 6.25. The Balaban J connectivity index is 2.34. The molecule has 160 valence electrons. The minimum Gasteiger partial charge on any atom is -0.382 e. The number of anilines is 1. The maximum Gasteiger partial charge on any atom is 0.339 e. The molecule has 1 aromatic carbocycles.